The maximum Gasteiger partial charge on any atom is 0.251 e. The van der Waals surface area contributed by atoms with Crippen molar-refractivity contribution in [3.05, 3.63) is 100 Å². The number of hydrogen-bond donors (Lipinski definition) is 1. The Morgan fingerprint density at radius 2 is 1.87 bits per heavy atom. The Morgan fingerprint density at radius 3 is 2.63 bits per heavy atom. The molecule has 0 radical (unpaired) electrons. The monoisotopic (exact) mass is 416 g/mol. The van der Waals surface area contributed by atoms with E-state index in [9.17, 15) is 9.59 Å². The Kier molecular flexibility index (Phi) is 4.40. The van der Waals surface area contributed by atoms with Crippen molar-refractivity contribution in [3.8, 4) is 0 Å². The molecule has 1 spiro atoms. The second kappa shape index (κ2) is 6.99. The molecule has 2 amide bonds. The maximum absolute atomic E-state index is 13.7. The van der Waals surface area contributed by atoms with Crippen molar-refractivity contribution in [2.24, 2.45) is 0 Å². The third-order valence-corrected chi connectivity index (χ3v) is 6.54. The molecule has 2 atom stereocenters. The van der Waals surface area contributed by atoms with E-state index in [1.807, 2.05) is 65.6 Å². The van der Waals surface area contributed by atoms with Crippen LogP contribution in [0.3, 0.4) is 0 Å². The third kappa shape index (κ3) is 2.83. The number of carbonyl (C=O) groups excluding carboxylic acids is 2. The summed E-state index contributed by atoms with van der Waals surface area (Å²) in [5.41, 5.74) is 4.23. The van der Waals surface area contributed by atoms with Crippen molar-refractivity contribution < 1.29 is 9.59 Å². The number of anilines is 1. The van der Waals surface area contributed by atoms with E-state index < -0.39 is 5.41 Å². The zero-order valence-corrected chi connectivity index (χ0v) is 17.3. The number of benzene rings is 3. The van der Waals surface area contributed by atoms with Crippen LogP contribution in [0.4, 0.5) is 5.69 Å². The van der Waals surface area contributed by atoms with Gasteiger partial charge in [-0.2, -0.15) is 0 Å². The van der Waals surface area contributed by atoms with E-state index in [1.54, 1.807) is 13.1 Å². The van der Waals surface area contributed by atoms with E-state index in [2.05, 4.69) is 11.4 Å². The number of rotatable bonds is 4. The van der Waals surface area contributed by atoms with Gasteiger partial charge in [0.2, 0.25) is 5.91 Å². The Bertz CT molecular complexity index is 1160. The fraction of sp³-hybridized carbons (Fsp3) is 0.200. The number of carbonyl (C=O) groups is 2. The van der Waals surface area contributed by atoms with Gasteiger partial charge >= 0.3 is 0 Å². The predicted molar refractivity (Wildman–Crippen MR) is 118 cm³/mol. The number of halogens is 1. The first-order valence-corrected chi connectivity index (χ1v) is 10.4. The van der Waals surface area contributed by atoms with Crippen LogP contribution in [0.25, 0.3) is 0 Å². The molecule has 5 rings (SSSR count). The average Bonchev–Trinajstić information content (AvgIpc) is 3.49. The molecule has 2 aliphatic rings. The van der Waals surface area contributed by atoms with Crippen LogP contribution < -0.4 is 10.2 Å². The molecular formula is C25H21ClN2O2. The van der Waals surface area contributed by atoms with E-state index in [-0.39, 0.29) is 17.7 Å². The number of hydrogen-bond acceptors (Lipinski definition) is 2. The number of nitrogens with one attached hydrogen (secondary N) is 1. The van der Waals surface area contributed by atoms with E-state index in [4.69, 9.17) is 11.6 Å². The first kappa shape index (κ1) is 18.9. The molecular weight excluding hydrogens is 396 g/mol. The Balaban J connectivity index is 1.49. The van der Waals surface area contributed by atoms with Crippen LogP contribution in [0.2, 0.25) is 5.02 Å². The van der Waals surface area contributed by atoms with Crippen LogP contribution in [0.5, 0.6) is 0 Å². The first-order chi connectivity index (χ1) is 14.5. The average molecular weight is 417 g/mol. The molecule has 1 aliphatic carbocycles. The summed E-state index contributed by atoms with van der Waals surface area (Å²) in [5, 5.41) is 3.35. The summed E-state index contributed by atoms with van der Waals surface area (Å²) in [6.07, 6.45) is 0.805. The van der Waals surface area contributed by atoms with Crippen molar-refractivity contribution in [1.29, 1.82) is 0 Å². The highest BCUT2D eigenvalue weighted by molar-refractivity contribution is 6.30. The Morgan fingerprint density at radius 1 is 1.10 bits per heavy atom. The zero-order chi connectivity index (χ0) is 20.9. The van der Waals surface area contributed by atoms with Gasteiger partial charge in [-0.05, 0) is 53.4 Å². The zero-order valence-electron chi connectivity index (χ0n) is 16.6. The van der Waals surface area contributed by atoms with Gasteiger partial charge in [0.05, 0.1) is 12.0 Å². The van der Waals surface area contributed by atoms with E-state index >= 15 is 0 Å². The lowest BCUT2D eigenvalue weighted by Gasteiger charge is -2.19. The van der Waals surface area contributed by atoms with Crippen LogP contribution >= 0.6 is 11.6 Å². The highest BCUT2D eigenvalue weighted by Gasteiger charge is 2.66. The summed E-state index contributed by atoms with van der Waals surface area (Å²) in [4.78, 5) is 27.6. The molecule has 1 N–H and O–H groups in total. The number of amides is 2. The lowest BCUT2D eigenvalue weighted by Crippen LogP contribution is -2.32. The molecule has 0 saturated heterocycles. The lowest BCUT2D eigenvalue weighted by molar-refractivity contribution is -0.120. The molecule has 3 aromatic rings. The summed E-state index contributed by atoms with van der Waals surface area (Å²) in [6, 6.07) is 23.3. The second-order valence-corrected chi connectivity index (χ2v) is 8.40. The molecule has 3 aromatic carbocycles. The molecule has 4 nitrogen and oxygen atoms in total. The van der Waals surface area contributed by atoms with Crippen LogP contribution in [-0.2, 0) is 16.8 Å². The molecule has 1 saturated carbocycles. The minimum absolute atomic E-state index is 0.133. The van der Waals surface area contributed by atoms with Crippen molar-refractivity contribution in [3.63, 3.8) is 0 Å². The normalized spacial score (nSPS) is 21.6. The number of nitrogens with zero attached hydrogens (tertiary/aromatic N) is 1. The van der Waals surface area contributed by atoms with Gasteiger partial charge in [-0.3, -0.25) is 9.59 Å². The van der Waals surface area contributed by atoms with Gasteiger partial charge < -0.3 is 10.2 Å². The summed E-state index contributed by atoms with van der Waals surface area (Å²) in [7, 11) is 1.61. The quantitative estimate of drug-likeness (QED) is 0.671. The highest BCUT2D eigenvalue weighted by atomic mass is 35.5. The van der Waals surface area contributed by atoms with Crippen molar-refractivity contribution in [2.75, 3.05) is 11.9 Å². The van der Waals surface area contributed by atoms with Gasteiger partial charge in [0, 0.05) is 29.2 Å². The second-order valence-electron chi connectivity index (χ2n) is 7.97. The molecule has 0 aromatic heterocycles. The maximum atomic E-state index is 13.7. The van der Waals surface area contributed by atoms with Crippen molar-refractivity contribution in [1.82, 2.24) is 5.32 Å². The standard InChI is InChI=1S/C25H21ClN2O2/c1-27-23(29)18-6-4-5-16(13-18)15-28-22-8-3-2-7-20(22)25(24(28)30)14-21(25)17-9-11-19(26)12-10-17/h2-13,21H,14-15H2,1H3,(H,27,29)/t21-,25-/m0/s1. The number of fused-ring (bicyclic) bond motifs is 2. The van der Waals surface area contributed by atoms with E-state index in [0.29, 0.717) is 17.1 Å². The first-order valence-electron chi connectivity index (χ1n) is 10.0. The summed E-state index contributed by atoms with van der Waals surface area (Å²) in [6.45, 7) is 0.440. The van der Waals surface area contributed by atoms with Gasteiger partial charge in [0.25, 0.3) is 5.91 Å². The topological polar surface area (TPSA) is 49.4 Å². The Hall–Kier alpha value is -3.11. The van der Waals surface area contributed by atoms with E-state index in [1.165, 1.54) is 0 Å². The Labute approximate surface area is 180 Å². The van der Waals surface area contributed by atoms with E-state index in [0.717, 1.165) is 28.8 Å². The molecule has 30 heavy (non-hydrogen) atoms. The van der Waals surface area contributed by atoms with Crippen LogP contribution in [-0.4, -0.2) is 18.9 Å². The van der Waals surface area contributed by atoms with Crippen molar-refractivity contribution >= 4 is 29.1 Å². The predicted octanol–water partition coefficient (Wildman–Crippen LogP) is 4.67. The third-order valence-electron chi connectivity index (χ3n) is 6.29. The van der Waals surface area contributed by atoms with Gasteiger partial charge in [-0.25, -0.2) is 0 Å². The minimum atomic E-state index is -0.497. The van der Waals surface area contributed by atoms with Gasteiger partial charge in [0.15, 0.2) is 0 Å². The lowest BCUT2D eigenvalue weighted by atomic mass is 9.92. The molecule has 0 bridgehead atoms. The van der Waals surface area contributed by atoms with Crippen LogP contribution in [0.1, 0.15) is 39.4 Å². The largest absolute Gasteiger partial charge is 0.355 e. The van der Waals surface area contributed by atoms with Crippen LogP contribution in [0.15, 0.2) is 72.8 Å². The molecule has 1 heterocycles. The fourth-order valence-corrected chi connectivity index (χ4v) is 4.87. The fourth-order valence-electron chi connectivity index (χ4n) is 4.74. The van der Waals surface area contributed by atoms with Gasteiger partial charge in [-0.15, -0.1) is 0 Å². The SMILES string of the molecule is CNC(=O)c1cccc(CN2C(=O)[C@@]3(C[C@H]3c3ccc(Cl)cc3)c3ccccc32)c1. The van der Waals surface area contributed by atoms with Crippen molar-refractivity contribution in [2.45, 2.75) is 24.3 Å². The summed E-state index contributed by atoms with van der Waals surface area (Å²) < 4.78 is 0. The summed E-state index contributed by atoms with van der Waals surface area (Å²) in [5.74, 6) is 0.158. The van der Waals surface area contributed by atoms with Gasteiger partial charge in [-0.1, -0.05) is 54.1 Å². The number of para-hydroxylation sites is 1. The molecule has 150 valence electrons. The minimum Gasteiger partial charge on any atom is -0.355 e. The highest BCUT2D eigenvalue weighted by Crippen LogP contribution is 2.66. The summed E-state index contributed by atoms with van der Waals surface area (Å²) >= 11 is 6.05. The van der Waals surface area contributed by atoms with Gasteiger partial charge in [0.1, 0.15) is 0 Å². The smallest absolute Gasteiger partial charge is 0.251 e. The molecule has 5 heteroatoms. The van der Waals surface area contributed by atoms with Crippen LogP contribution in [0, 0.1) is 0 Å². The molecule has 0 unspecified atom stereocenters. The molecule has 1 aliphatic heterocycles. The molecule has 1 fully saturated rings.